The summed E-state index contributed by atoms with van der Waals surface area (Å²) in [6.07, 6.45) is -2.82. The van der Waals surface area contributed by atoms with Crippen molar-refractivity contribution in [3.8, 4) is 0 Å². The fourth-order valence-corrected chi connectivity index (χ4v) is 2.11. The van der Waals surface area contributed by atoms with E-state index < -0.39 is 23.5 Å². The van der Waals surface area contributed by atoms with E-state index in [1.165, 1.54) is 0 Å². The molecular weight excluding hydrogens is 261 g/mol. The van der Waals surface area contributed by atoms with E-state index in [0.29, 0.717) is 5.56 Å². The van der Waals surface area contributed by atoms with Gasteiger partial charge in [-0.05, 0) is 36.5 Å². The number of hydrogen-bond acceptors (Lipinski definition) is 2. The van der Waals surface area contributed by atoms with Gasteiger partial charge < -0.3 is 10.1 Å². The lowest BCUT2D eigenvalue weighted by Crippen LogP contribution is -2.07. The molecule has 1 fully saturated rings. The van der Waals surface area contributed by atoms with Crippen LogP contribution in [0.3, 0.4) is 0 Å². The fraction of sp³-hybridized carbons (Fsp3) is 0.333. The standard InChI is InChI=1S/C12H9F3N2O2/c13-12(14,15)7-3-6(5-1-2-5)4-8-9(7)17-10(16-8)11(18)19/h3-5H,1-2H2,(H,16,17)(H,18,19). The molecule has 4 nitrogen and oxygen atoms in total. The Hall–Kier alpha value is -2.05. The van der Waals surface area contributed by atoms with Gasteiger partial charge in [0.25, 0.3) is 0 Å². The van der Waals surface area contributed by atoms with Crippen LogP contribution in [0.25, 0.3) is 11.0 Å². The van der Waals surface area contributed by atoms with Crippen molar-refractivity contribution >= 4 is 17.0 Å². The third kappa shape index (κ3) is 2.05. The zero-order valence-electron chi connectivity index (χ0n) is 9.58. The maximum absolute atomic E-state index is 13.0. The zero-order valence-corrected chi connectivity index (χ0v) is 9.58. The van der Waals surface area contributed by atoms with Crippen LogP contribution in [0.15, 0.2) is 12.1 Å². The van der Waals surface area contributed by atoms with Gasteiger partial charge in [-0.3, -0.25) is 0 Å². The van der Waals surface area contributed by atoms with Crippen LogP contribution >= 0.6 is 0 Å². The Morgan fingerprint density at radius 1 is 1.37 bits per heavy atom. The predicted molar refractivity (Wildman–Crippen MR) is 60.0 cm³/mol. The van der Waals surface area contributed by atoms with Crippen LogP contribution < -0.4 is 0 Å². The number of aromatic amines is 1. The zero-order chi connectivity index (χ0) is 13.8. The van der Waals surface area contributed by atoms with Crippen LogP contribution in [0.4, 0.5) is 13.2 Å². The van der Waals surface area contributed by atoms with Crippen LogP contribution in [-0.2, 0) is 6.18 Å². The van der Waals surface area contributed by atoms with E-state index in [2.05, 4.69) is 9.97 Å². The molecule has 19 heavy (non-hydrogen) atoms. The number of aromatic carboxylic acids is 1. The Labute approximate surface area is 105 Å². The Morgan fingerprint density at radius 2 is 2.05 bits per heavy atom. The lowest BCUT2D eigenvalue weighted by atomic mass is 10.0. The summed E-state index contributed by atoms with van der Waals surface area (Å²) in [5, 5.41) is 8.80. The monoisotopic (exact) mass is 270 g/mol. The molecule has 0 saturated heterocycles. The van der Waals surface area contributed by atoms with Crippen LogP contribution in [-0.4, -0.2) is 21.0 Å². The third-order valence-electron chi connectivity index (χ3n) is 3.17. The van der Waals surface area contributed by atoms with E-state index in [9.17, 15) is 18.0 Å². The number of rotatable bonds is 2. The summed E-state index contributed by atoms with van der Waals surface area (Å²) in [6.45, 7) is 0. The number of nitrogens with zero attached hydrogens (tertiary/aromatic N) is 1. The minimum Gasteiger partial charge on any atom is -0.475 e. The van der Waals surface area contributed by atoms with E-state index in [0.717, 1.165) is 18.9 Å². The van der Waals surface area contributed by atoms with Gasteiger partial charge in [0.15, 0.2) is 0 Å². The first-order chi connectivity index (χ1) is 8.86. The molecule has 1 heterocycles. The molecule has 3 rings (SSSR count). The number of carbonyl (C=O) groups is 1. The summed E-state index contributed by atoms with van der Waals surface area (Å²) in [5.41, 5.74) is -0.514. The van der Waals surface area contributed by atoms with E-state index in [1.807, 2.05) is 0 Å². The number of halogens is 3. The largest absolute Gasteiger partial charge is 0.475 e. The summed E-state index contributed by atoms with van der Waals surface area (Å²) in [7, 11) is 0. The van der Waals surface area contributed by atoms with Crippen molar-refractivity contribution in [2.75, 3.05) is 0 Å². The van der Waals surface area contributed by atoms with Gasteiger partial charge in [-0.2, -0.15) is 13.2 Å². The number of alkyl halides is 3. The second kappa shape index (κ2) is 3.72. The third-order valence-corrected chi connectivity index (χ3v) is 3.17. The normalized spacial score (nSPS) is 15.9. The second-order valence-electron chi connectivity index (χ2n) is 4.63. The molecule has 0 unspecified atom stereocenters. The molecular formula is C12H9F3N2O2. The van der Waals surface area contributed by atoms with Crippen LogP contribution in [0, 0.1) is 0 Å². The van der Waals surface area contributed by atoms with Crippen LogP contribution in [0.1, 0.15) is 40.5 Å². The first-order valence-corrected chi connectivity index (χ1v) is 5.70. The van der Waals surface area contributed by atoms with Crippen molar-refractivity contribution in [2.45, 2.75) is 24.9 Å². The first kappa shape index (κ1) is 12.0. The molecule has 1 saturated carbocycles. The molecule has 1 aromatic heterocycles. The van der Waals surface area contributed by atoms with Gasteiger partial charge in [0.1, 0.15) is 5.52 Å². The molecule has 1 aromatic carbocycles. The average Bonchev–Trinajstić information content (AvgIpc) is 3.05. The fourth-order valence-electron chi connectivity index (χ4n) is 2.11. The number of H-pyrrole nitrogens is 1. The van der Waals surface area contributed by atoms with Gasteiger partial charge in [-0.25, -0.2) is 9.78 Å². The van der Waals surface area contributed by atoms with Gasteiger partial charge in [0.2, 0.25) is 5.82 Å². The minimum absolute atomic E-state index is 0.120. The van der Waals surface area contributed by atoms with E-state index in [4.69, 9.17) is 5.11 Å². The highest BCUT2D eigenvalue weighted by atomic mass is 19.4. The molecule has 0 bridgehead atoms. The highest BCUT2D eigenvalue weighted by Gasteiger charge is 2.36. The summed E-state index contributed by atoms with van der Waals surface area (Å²) >= 11 is 0. The number of fused-ring (bicyclic) bond motifs is 1. The molecule has 100 valence electrons. The van der Waals surface area contributed by atoms with Crippen LogP contribution in [0.2, 0.25) is 0 Å². The van der Waals surface area contributed by atoms with Gasteiger partial charge in [0, 0.05) is 0 Å². The average molecular weight is 270 g/mol. The number of aromatic nitrogens is 2. The number of nitrogens with one attached hydrogen (secondary N) is 1. The van der Waals surface area contributed by atoms with Crippen molar-refractivity contribution in [2.24, 2.45) is 0 Å². The highest BCUT2D eigenvalue weighted by molar-refractivity contribution is 5.90. The molecule has 0 radical (unpaired) electrons. The summed E-state index contributed by atoms with van der Waals surface area (Å²) < 4.78 is 39.0. The highest BCUT2D eigenvalue weighted by Crippen LogP contribution is 2.44. The van der Waals surface area contributed by atoms with Crippen molar-refractivity contribution in [1.82, 2.24) is 9.97 Å². The van der Waals surface area contributed by atoms with Gasteiger partial charge >= 0.3 is 12.1 Å². The lowest BCUT2D eigenvalue weighted by Gasteiger charge is -2.09. The summed E-state index contributed by atoms with van der Waals surface area (Å²) in [6, 6.07) is 2.63. The first-order valence-electron chi connectivity index (χ1n) is 5.70. The molecule has 2 N–H and O–H groups in total. The number of carboxylic acids is 1. The number of carboxylic acid groups (broad SMARTS) is 1. The lowest BCUT2D eigenvalue weighted by molar-refractivity contribution is -0.136. The Morgan fingerprint density at radius 3 is 2.58 bits per heavy atom. The number of hydrogen-bond donors (Lipinski definition) is 2. The molecule has 0 spiro atoms. The molecule has 1 aliphatic carbocycles. The number of imidazole rings is 1. The topological polar surface area (TPSA) is 66.0 Å². The minimum atomic E-state index is -4.55. The SMILES string of the molecule is O=C(O)c1nc2c(C(F)(F)F)cc(C3CC3)cc2[nH]1. The Bertz CT molecular complexity index is 671. The Kier molecular flexibility index (Phi) is 2.35. The van der Waals surface area contributed by atoms with Crippen molar-refractivity contribution in [3.63, 3.8) is 0 Å². The maximum atomic E-state index is 13.0. The summed E-state index contributed by atoms with van der Waals surface area (Å²) in [5.74, 6) is -1.71. The van der Waals surface area contributed by atoms with Crippen LogP contribution in [0.5, 0.6) is 0 Å². The van der Waals surface area contributed by atoms with E-state index in [-0.39, 0.29) is 17.0 Å². The quantitative estimate of drug-likeness (QED) is 0.880. The number of benzene rings is 1. The second-order valence-corrected chi connectivity index (χ2v) is 4.63. The van der Waals surface area contributed by atoms with Gasteiger partial charge in [-0.15, -0.1) is 0 Å². The maximum Gasteiger partial charge on any atom is 0.418 e. The van der Waals surface area contributed by atoms with Crippen molar-refractivity contribution in [1.29, 1.82) is 0 Å². The van der Waals surface area contributed by atoms with Gasteiger partial charge in [0.05, 0.1) is 11.1 Å². The van der Waals surface area contributed by atoms with Gasteiger partial charge in [-0.1, -0.05) is 0 Å². The smallest absolute Gasteiger partial charge is 0.418 e. The summed E-state index contributed by atoms with van der Waals surface area (Å²) in [4.78, 5) is 16.7. The van der Waals surface area contributed by atoms with Crippen molar-refractivity contribution in [3.05, 3.63) is 29.1 Å². The molecule has 2 aromatic rings. The molecule has 0 atom stereocenters. The van der Waals surface area contributed by atoms with E-state index >= 15 is 0 Å². The Balaban J connectivity index is 2.27. The molecule has 7 heteroatoms. The predicted octanol–water partition coefficient (Wildman–Crippen LogP) is 3.16. The van der Waals surface area contributed by atoms with Crippen molar-refractivity contribution < 1.29 is 23.1 Å². The molecule has 1 aliphatic rings. The molecule has 0 aliphatic heterocycles. The molecule has 0 amide bonds. The van der Waals surface area contributed by atoms with E-state index in [1.54, 1.807) is 6.07 Å².